The van der Waals surface area contributed by atoms with Crippen molar-refractivity contribution in [2.24, 2.45) is 5.41 Å². The predicted molar refractivity (Wildman–Crippen MR) is 179 cm³/mol. The molecule has 1 unspecified atom stereocenters. The molecule has 0 radical (unpaired) electrons. The highest BCUT2D eigenvalue weighted by Crippen LogP contribution is 2.51. The SMILES string of the molecule is CC1(C)CC(=O)C2=C(C1)Oc1cc3ccc(OCc4cn(-c5ccnc6cc(Cl)ccc56)nn4)cc3cc1C2c1ccc(Cl)cc1. The third-order valence-corrected chi connectivity index (χ3v) is 9.20. The highest BCUT2D eigenvalue weighted by Gasteiger charge is 2.42. The van der Waals surface area contributed by atoms with Gasteiger partial charge < -0.3 is 9.47 Å². The maximum atomic E-state index is 13.6. The second kappa shape index (κ2) is 11.0. The van der Waals surface area contributed by atoms with Crippen LogP contribution in [0.15, 0.2) is 103 Å². The van der Waals surface area contributed by atoms with Crippen LogP contribution >= 0.6 is 23.2 Å². The predicted octanol–water partition coefficient (Wildman–Crippen LogP) is 9.02. The fraction of sp³-hybridized carbons (Fsp3) is 0.189. The summed E-state index contributed by atoms with van der Waals surface area (Å²) in [6, 6.07) is 25.4. The number of aromatic nitrogens is 4. The van der Waals surface area contributed by atoms with Crippen LogP contribution in [0, 0.1) is 5.41 Å². The van der Waals surface area contributed by atoms with Crippen molar-refractivity contribution in [1.82, 2.24) is 20.0 Å². The minimum absolute atomic E-state index is 0.130. The van der Waals surface area contributed by atoms with Crippen molar-refractivity contribution in [2.45, 2.75) is 39.2 Å². The van der Waals surface area contributed by atoms with Gasteiger partial charge in [-0.05, 0) is 82.4 Å². The number of rotatable bonds is 5. The lowest BCUT2D eigenvalue weighted by Crippen LogP contribution is -2.32. The zero-order valence-electron chi connectivity index (χ0n) is 25.1. The van der Waals surface area contributed by atoms with Crippen LogP contribution in [0.1, 0.15) is 49.4 Å². The van der Waals surface area contributed by atoms with Crippen LogP contribution in [-0.4, -0.2) is 25.8 Å². The summed E-state index contributed by atoms with van der Waals surface area (Å²) in [7, 11) is 0. The summed E-state index contributed by atoms with van der Waals surface area (Å²) in [6.07, 6.45) is 4.77. The maximum Gasteiger partial charge on any atom is 0.163 e. The summed E-state index contributed by atoms with van der Waals surface area (Å²) < 4.78 is 14.4. The first kappa shape index (κ1) is 28.7. The van der Waals surface area contributed by atoms with E-state index in [0.29, 0.717) is 34.3 Å². The number of nitrogens with zero attached hydrogens (tertiary/aromatic N) is 4. The van der Waals surface area contributed by atoms with Crippen LogP contribution in [0.2, 0.25) is 10.0 Å². The number of carbonyl (C=O) groups excluding carboxylic acids is 1. The average molecular weight is 648 g/mol. The lowest BCUT2D eigenvalue weighted by atomic mass is 9.70. The number of benzene rings is 4. The number of ether oxygens (including phenoxy) is 2. The molecule has 3 heterocycles. The molecule has 0 spiro atoms. The Balaban J connectivity index is 1.10. The fourth-order valence-corrected chi connectivity index (χ4v) is 6.89. The van der Waals surface area contributed by atoms with Gasteiger partial charge in [0.25, 0.3) is 0 Å². The molecule has 228 valence electrons. The Morgan fingerprint density at radius 3 is 2.61 bits per heavy atom. The molecule has 1 aliphatic heterocycles. The van der Waals surface area contributed by atoms with E-state index in [-0.39, 0.29) is 23.7 Å². The first-order valence-corrected chi connectivity index (χ1v) is 15.8. The van der Waals surface area contributed by atoms with Gasteiger partial charge in [0.05, 0.1) is 17.4 Å². The molecule has 2 aromatic heterocycles. The molecular formula is C37H28Cl2N4O3. The molecule has 46 heavy (non-hydrogen) atoms. The maximum absolute atomic E-state index is 13.6. The van der Waals surface area contributed by atoms with Gasteiger partial charge in [0.15, 0.2) is 5.78 Å². The summed E-state index contributed by atoms with van der Waals surface area (Å²) in [5.74, 6) is 2.12. The summed E-state index contributed by atoms with van der Waals surface area (Å²) in [6.45, 7) is 4.47. The Labute approximate surface area is 275 Å². The second-order valence-corrected chi connectivity index (χ2v) is 13.6. The van der Waals surface area contributed by atoms with E-state index >= 15 is 0 Å². The minimum Gasteiger partial charge on any atom is -0.487 e. The van der Waals surface area contributed by atoms with Crippen molar-refractivity contribution in [1.29, 1.82) is 0 Å². The van der Waals surface area contributed by atoms with E-state index in [1.54, 1.807) is 10.9 Å². The van der Waals surface area contributed by atoms with Crippen molar-refractivity contribution < 1.29 is 14.3 Å². The lowest BCUT2D eigenvalue weighted by molar-refractivity contribution is -0.118. The Morgan fingerprint density at radius 1 is 0.935 bits per heavy atom. The monoisotopic (exact) mass is 646 g/mol. The number of fused-ring (bicyclic) bond motifs is 3. The van der Waals surface area contributed by atoms with Gasteiger partial charge in [-0.2, -0.15) is 0 Å². The standard InChI is InChI=1S/C37H28Cl2N4O3/c1-37(2)17-32(44)36-34(18-37)46-33-15-22-5-9-27(13-23(22)14-29(33)35(36)21-3-6-24(38)7-4-21)45-20-26-19-43(42-41-26)31-11-12-40-30-16-25(39)8-10-28(30)31/h3-16,19,35H,17-18,20H2,1-2H3. The van der Waals surface area contributed by atoms with Gasteiger partial charge >= 0.3 is 0 Å². The molecule has 9 heteroatoms. The molecular weight excluding hydrogens is 619 g/mol. The van der Waals surface area contributed by atoms with Crippen LogP contribution in [-0.2, 0) is 11.4 Å². The van der Waals surface area contributed by atoms with Gasteiger partial charge in [-0.1, -0.05) is 60.5 Å². The third-order valence-electron chi connectivity index (χ3n) is 8.71. The van der Waals surface area contributed by atoms with Crippen molar-refractivity contribution in [3.05, 3.63) is 129 Å². The molecule has 6 aromatic rings. The average Bonchev–Trinajstić information content (AvgIpc) is 3.50. The Kier molecular flexibility index (Phi) is 6.85. The first-order chi connectivity index (χ1) is 22.2. The highest BCUT2D eigenvalue weighted by molar-refractivity contribution is 6.31. The van der Waals surface area contributed by atoms with E-state index in [1.807, 2.05) is 72.9 Å². The summed E-state index contributed by atoms with van der Waals surface area (Å²) in [4.78, 5) is 18.0. The molecule has 2 aliphatic rings. The molecule has 0 saturated carbocycles. The quantitative estimate of drug-likeness (QED) is 0.186. The molecule has 0 amide bonds. The van der Waals surface area contributed by atoms with Crippen LogP contribution < -0.4 is 9.47 Å². The summed E-state index contributed by atoms with van der Waals surface area (Å²) in [5.41, 5.74) is 4.86. The molecule has 1 atom stereocenters. The van der Waals surface area contributed by atoms with Crippen molar-refractivity contribution in [2.75, 3.05) is 0 Å². The molecule has 7 nitrogen and oxygen atoms in total. The zero-order chi connectivity index (χ0) is 31.6. The molecule has 0 saturated heterocycles. The smallest absolute Gasteiger partial charge is 0.163 e. The van der Waals surface area contributed by atoms with Gasteiger partial charge in [-0.15, -0.1) is 5.10 Å². The Morgan fingerprint density at radius 2 is 1.76 bits per heavy atom. The number of ketones is 1. The van der Waals surface area contributed by atoms with E-state index in [9.17, 15) is 4.79 Å². The number of Topliss-reactive ketones (excluding diaryl/α,β-unsaturated/α-hetero) is 1. The van der Waals surface area contributed by atoms with Gasteiger partial charge in [-0.25, -0.2) is 4.68 Å². The molecule has 1 aliphatic carbocycles. The second-order valence-electron chi connectivity index (χ2n) is 12.7. The van der Waals surface area contributed by atoms with E-state index < -0.39 is 0 Å². The number of allylic oxidation sites excluding steroid dienone is 2. The first-order valence-electron chi connectivity index (χ1n) is 15.1. The normalized spacial score (nSPS) is 17.1. The van der Waals surface area contributed by atoms with E-state index in [0.717, 1.165) is 55.6 Å². The molecule has 0 bridgehead atoms. The van der Waals surface area contributed by atoms with Gasteiger partial charge in [0, 0.05) is 51.5 Å². The largest absolute Gasteiger partial charge is 0.487 e. The van der Waals surface area contributed by atoms with Gasteiger partial charge in [-0.3, -0.25) is 9.78 Å². The number of carbonyl (C=O) groups is 1. The topological polar surface area (TPSA) is 79.1 Å². The lowest BCUT2D eigenvalue weighted by Gasteiger charge is -2.38. The number of hydrogen-bond donors (Lipinski definition) is 0. The summed E-state index contributed by atoms with van der Waals surface area (Å²) >= 11 is 12.4. The molecule has 8 rings (SSSR count). The fourth-order valence-electron chi connectivity index (χ4n) is 6.60. The Bertz CT molecular complexity index is 2220. The number of pyridine rings is 1. The van der Waals surface area contributed by atoms with Crippen LogP contribution in [0.3, 0.4) is 0 Å². The molecule has 4 aromatic carbocycles. The highest BCUT2D eigenvalue weighted by atomic mass is 35.5. The van der Waals surface area contributed by atoms with E-state index in [2.05, 4.69) is 41.3 Å². The number of hydrogen-bond acceptors (Lipinski definition) is 6. The van der Waals surface area contributed by atoms with Crippen molar-refractivity contribution in [3.8, 4) is 17.2 Å². The minimum atomic E-state index is -0.246. The Hall–Kier alpha value is -4.72. The van der Waals surface area contributed by atoms with E-state index in [1.165, 1.54) is 0 Å². The van der Waals surface area contributed by atoms with Crippen LogP contribution in [0.4, 0.5) is 0 Å². The zero-order valence-corrected chi connectivity index (χ0v) is 26.6. The number of halogens is 2. The van der Waals surface area contributed by atoms with Crippen molar-refractivity contribution >= 4 is 50.7 Å². The molecule has 0 fully saturated rings. The molecule has 0 N–H and O–H groups in total. The third kappa shape index (κ3) is 5.19. The van der Waals surface area contributed by atoms with E-state index in [4.69, 9.17) is 32.7 Å². The van der Waals surface area contributed by atoms with Crippen molar-refractivity contribution in [3.63, 3.8) is 0 Å². The van der Waals surface area contributed by atoms with Gasteiger partial charge in [0.2, 0.25) is 0 Å². The van der Waals surface area contributed by atoms with Crippen LogP contribution in [0.25, 0.3) is 27.4 Å². The van der Waals surface area contributed by atoms with Gasteiger partial charge in [0.1, 0.15) is 29.6 Å². The summed E-state index contributed by atoms with van der Waals surface area (Å²) in [5, 5.41) is 12.9. The van der Waals surface area contributed by atoms with Crippen LogP contribution in [0.5, 0.6) is 11.5 Å².